The molecule has 5 amide bonds. The van der Waals surface area contributed by atoms with Gasteiger partial charge in [-0.25, -0.2) is 9.18 Å². The summed E-state index contributed by atoms with van der Waals surface area (Å²) in [5, 5.41) is 5.45. The van der Waals surface area contributed by atoms with Crippen LogP contribution < -0.4 is 15.5 Å². The maximum Gasteiger partial charge on any atom is 0.325 e. The van der Waals surface area contributed by atoms with E-state index in [-0.39, 0.29) is 5.91 Å². The number of rotatable bonds is 8. The fraction of sp³-hybridized carbons (Fsp3) is 0.360. The van der Waals surface area contributed by atoms with Crippen LogP contribution in [0.4, 0.5) is 20.6 Å². The summed E-state index contributed by atoms with van der Waals surface area (Å²) in [7, 11) is 0. The molecule has 2 aromatic carbocycles. The van der Waals surface area contributed by atoms with Gasteiger partial charge in [-0.05, 0) is 48.7 Å². The lowest BCUT2D eigenvalue weighted by atomic mass is 9.85. The summed E-state index contributed by atoms with van der Waals surface area (Å²) in [6.45, 7) is 2.13. The van der Waals surface area contributed by atoms with Crippen LogP contribution in [0, 0.1) is 5.82 Å². The lowest BCUT2D eigenvalue weighted by Crippen LogP contribution is -2.44. The third kappa shape index (κ3) is 4.50. The number of hydrogen-bond donors (Lipinski definition) is 2. The molecule has 2 heterocycles. The van der Waals surface area contributed by atoms with Crippen molar-refractivity contribution in [2.45, 2.75) is 44.6 Å². The van der Waals surface area contributed by atoms with Crippen molar-refractivity contribution in [2.24, 2.45) is 0 Å². The number of halogens is 1. The molecule has 0 radical (unpaired) electrons. The van der Waals surface area contributed by atoms with Crippen LogP contribution in [-0.2, 0) is 19.9 Å². The van der Waals surface area contributed by atoms with E-state index in [0.717, 1.165) is 17.7 Å². The molecule has 0 bridgehead atoms. The molecule has 2 N–H and O–H groups in total. The second kappa shape index (κ2) is 9.62. The van der Waals surface area contributed by atoms with Crippen molar-refractivity contribution >= 4 is 35.1 Å². The molecule has 2 saturated heterocycles. The van der Waals surface area contributed by atoms with Crippen LogP contribution in [0.25, 0.3) is 0 Å². The first kappa shape index (κ1) is 23.4. The molecule has 0 spiro atoms. The average molecular weight is 467 g/mol. The normalized spacial score (nSPS) is 20.1. The maximum atomic E-state index is 13.5. The van der Waals surface area contributed by atoms with E-state index in [4.69, 9.17) is 0 Å². The third-order valence-corrected chi connectivity index (χ3v) is 6.23. The van der Waals surface area contributed by atoms with Crippen LogP contribution in [0.1, 0.15) is 44.6 Å². The van der Waals surface area contributed by atoms with Gasteiger partial charge in [-0.3, -0.25) is 19.3 Å². The molecule has 178 valence electrons. The lowest BCUT2D eigenvalue weighted by molar-refractivity contribution is -0.134. The molecule has 2 aliphatic rings. The number of anilines is 2. The second-order valence-corrected chi connectivity index (χ2v) is 8.58. The summed E-state index contributed by atoms with van der Waals surface area (Å²) >= 11 is 0. The highest BCUT2D eigenvalue weighted by Crippen LogP contribution is 2.34. The van der Waals surface area contributed by atoms with E-state index in [2.05, 4.69) is 10.6 Å². The van der Waals surface area contributed by atoms with E-state index in [9.17, 15) is 23.6 Å². The Morgan fingerprint density at radius 1 is 1.15 bits per heavy atom. The number of nitrogens with zero attached hydrogens (tertiary/aromatic N) is 2. The SMILES string of the molecule is CCCCC1(c2ccc(F)cc2)NC(=O)N(CC(=O)Nc2cccc(N3CCCC3=O)c2)C1=O. The van der Waals surface area contributed by atoms with Crippen LogP contribution in [-0.4, -0.2) is 41.7 Å². The minimum absolute atomic E-state index is 0.0343. The van der Waals surface area contributed by atoms with Gasteiger partial charge in [0.2, 0.25) is 11.8 Å². The zero-order valence-corrected chi connectivity index (χ0v) is 19.0. The fourth-order valence-corrected chi connectivity index (χ4v) is 4.47. The Morgan fingerprint density at radius 3 is 2.59 bits per heavy atom. The van der Waals surface area contributed by atoms with Crippen molar-refractivity contribution in [3.8, 4) is 0 Å². The van der Waals surface area contributed by atoms with Gasteiger partial charge in [0.1, 0.15) is 17.9 Å². The Kier molecular flexibility index (Phi) is 6.63. The molecular formula is C25H27FN4O4. The number of hydrogen-bond acceptors (Lipinski definition) is 4. The molecule has 2 aliphatic heterocycles. The summed E-state index contributed by atoms with van der Waals surface area (Å²) < 4.78 is 13.5. The van der Waals surface area contributed by atoms with E-state index >= 15 is 0 Å². The smallest absolute Gasteiger partial charge is 0.324 e. The van der Waals surface area contributed by atoms with Crippen LogP contribution in [0.5, 0.6) is 0 Å². The molecule has 34 heavy (non-hydrogen) atoms. The number of carbonyl (C=O) groups is 4. The first-order valence-corrected chi connectivity index (χ1v) is 11.4. The molecule has 2 fully saturated rings. The summed E-state index contributed by atoms with van der Waals surface area (Å²) in [6.07, 6.45) is 3.07. The summed E-state index contributed by atoms with van der Waals surface area (Å²) in [4.78, 5) is 53.5. The predicted molar refractivity (Wildman–Crippen MR) is 125 cm³/mol. The van der Waals surface area contributed by atoms with Gasteiger partial charge in [0, 0.05) is 24.3 Å². The highest BCUT2D eigenvalue weighted by Gasteiger charge is 2.52. The maximum absolute atomic E-state index is 13.5. The molecular weight excluding hydrogens is 439 g/mol. The highest BCUT2D eigenvalue weighted by atomic mass is 19.1. The van der Waals surface area contributed by atoms with Gasteiger partial charge in [0.05, 0.1) is 0 Å². The lowest BCUT2D eigenvalue weighted by Gasteiger charge is -2.27. The Morgan fingerprint density at radius 2 is 1.91 bits per heavy atom. The molecule has 9 heteroatoms. The van der Waals surface area contributed by atoms with Gasteiger partial charge in [-0.2, -0.15) is 0 Å². The quantitative estimate of drug-likeness (QED) is 0.582. The zero-order valence-electron chi connectivity index (χ0n) is 19.0. The van der Waals surface area contributed by atoms with E-state index in [1.165, 1.54) is 24.3 Å². The monoisotopic (exact) mass is 466 g/mol. The van der Waals surface area contributed by atoms with Gasteiger partial charge in [-0.15, -0.1) is 0 Å². The number of unbranched alkanes of at least 4 members (excludes halogenated alkanes) is 1. The van der Waals surface area contributed by atoms with Gasteiger partial charge in [0.25, 0.3) is 5.91 Å². The molecule has 0 aromatic heterocycles. The molecule has 1 atom stereocenters. The van der Waals surface area contributed by atoms with Crippen molar-refractivity contribution in [1.29, 1.82) is 0 Å². The first-order valence-electron chi connectivity index (χ1n) is 11.4. The van der Waals surface area contributed by atoms with E-state index in [1.807, 2.05) is 6.92 Å². The van der Waals surface area contributed by atoms with Crippen molar-refractivity contribution in [3.05, 3.63) is 59.9 Å². The molecule has 0 aliphatic carbocycles. The molecule has 2 aromatic rings. The fourth-order valence-electron chi connectivity index (χ4n) is 4.47. The largest absolute Gasteiger partial charge is 0.325 e. The van der Waals surface area contributed by atoms with Crippen molar-refractivity contribution in [2.75, 3.05) is 23.3 Å². The topological polar surface area (TPSA) is 98.8 Å². The van der Waals surface area contributed by atoms with Gasteiger partial charge >= 0.3 is 6.03 Å². The summed E-state index contributed by atoms with van der Waals surface area (Å²) in [5.41, 5.74) is 0.290. The molecule has 1 unspecified atom stereocenters. The number of imide groups is 1. The summed E-state index contributed by atoms with van der Waals surface area (Å²) in [5.74, 6) is -1.49. The Hall–Kier alpha value is -3.75. The minimum atomic E-state index is -1.34. The van der Waals surface area contributed by atoms with E-state index in [0.29, 0.717) is 42.7 Å². The number of carbonyl (C=O) groups excluding carboxylic acids is 4. The zero-order chi connectivity index (χ0) is 24.3. The highest BCUT2D eigenvalue weighted by molar-refractivity contribution is 6.10. The van der Waals surface area contributed by atoms with E-state index < -0.39 is 35.7 Å². The number of urea groups is 1. The molecule has 4 rings (SSSR count). The van der Waals surface area contributed by atoms with Crippen molar-refractivity contribution in [3.63, 3.8) is 0 Å². The van der Waals surface area contributed by atoms with Crippen LogP contribution in [0.2, 0.25) is 0 Å². The Balaban J connectivity index is 1.50. The Labute approximate surface area is 197 Å². The van der Waals surface area contributed by atoms with Crippen molar-refractivity contribution < 1.29 is 23.6 Å². The average Bonchev–Trinajstić information content (AvgIpc) is 3.35. The Bertz CT molecular complexity index is 1120. The standard InChI is InChI=1S/C25H27FN4O4/c1-2-3-13-25(17-9-11-18(26)12-10-17)23(33)30(24(34)28-25)16-21(31)27-19-6-4-7-20(15-19)29-14-5-8-22(29)32/h4,6-7,9-12,15H,2-3,5,8,13-14,16H2,1H3,(H,27,31)(H,28,34). The summed E-state index contributed by atoms with van der Waals surface area (Å²) in [6, 6.07) is 11.7. The van der Waals surface area contributed by atoms with Crippen LogP contribution in [0.15, 0.2) is 48.5 Å². The van der Waals surface area contributed by atoms with Gasteiger partial charge in [-0.1, -0.05) is 38.0 Å². The number of benzene rings is 2. The van der Waals surface area contributed by atoms with E-state index in [1.54, 1.807) is 29.2 Å². The second-order valence-electron chi connectivity index (χ2n) is 8.58. The third-order valence-electron chi connectivity index (χ3n) is 6.23. The molecule has 0 saturated carbocycles. The number of amides is 5. The first-order chi connectivity index (χ1) is 16.3. The van der Waals surface area contributed by atoms with Crippen LogP contribution in [0.3, 0.4) is 0 Å². The van der Waals surface area contributed by atoms with Crippen LogP contribution >= 0.6 is 0 Å². The van der Waals surface area contributed by atoms with Crippen molar-refractivity contribution in [1.82, 2.24) is 10.2 Å². The minimum Gasteiger partial charge on any atom is -0.324 e. The predicted octanol–water partition coefficient (Wildman–Crippen LogP) is 3.53. The van der Waals surface area contributed by atoms with Gasteiger partial charge in [0.15, 0.2) is 0 Å². The molecule has 8 nitrogen and oxygen atoms in total. The van der Waals surface area contributed by atoms with Gasteiger partial charge < -0.3 is 15.5 Å². The number of nitrogens with one attached hydrogen (secondary N) is 2.